The van der Waals surface area contributed by atoms with Gasteiger partial charge in [-0.15, -0.1) is 0 Å². The molecule has 3 heteroatoms. The van der Waals surface area contributed by atoms with Crippen molar-refractivity contribution in [3.05, 3.63) is 0 Å². The number of rotatable bonds is 5. The van der Waals surface area contributed by atoms with E-state index in [-0.39, 0.29) is 6.10 Å². The second kappa shape index (κ2) is 6.01. The Morgan fingerprint density at radius 2 is 2.10 bits per heavy atom. The predicted octanol–water partition coefficient (Wildman–Crippen LogP) is 0.838. The van der Waals surface area contributed by atoms with Crippen molar-refractivity contribution in [2.45, 2.75) is 31.6 Å². The normalized spacial score (nSPS) is 14.1. The summed E-state index contributed by atoms with van der Waals surface area (Å²) in [5, 5.41) is 9.80. The van der Waals surface area contributed by atoms with Crippen molar-refractivity contribution in [1.29, 1.82) is 0 Å². The van der Waals surface area contributed by atoms with Gasteiger partial charge < -0.3 is 10.8 Å². The van der Waals surface area contributed by atoms with Gasteiger partial charge >= 0.3 is 0 Å². The molecule has 1 atom stereocenters. The Labute approximate surface area is 67.2 Å². The van der Waals surface area contributed by atoms with Gasteiger partial charge in [0.05, 0.1) is 6.10 Å². The lowest BCUT2D eigenvalue weighted by Crippen LogP contribution is -2.16. The monoisotopic (exact) mass is 163 g/mol. The third-order valence-corrected chi connectivity index (χ3v) is 2.37. The van der Waals surface area contributed by atoms with Crippen molar-refractivity contribution >= 4 is 11.8 Å². The zero-order valence-electron chi connectivity index (χ0n) is 6.71. The molecule has 0 fully saturated rings. The van der Waals surface area contributed by atoms with Gasteiger partial charge in [-0.3, -0.25) is 0 Å². The van der Waals surface area contributed by atoms with Crippen LogP contribution in [-0.4, -0.2) is 28.8 Å². The molecular formula is C7H17NOS. The number of aliphatic hydroxyl groups excluding tert-OH is 1. The van der Waals surface area contributed by atoms with Gasteiger partial charge in [-0.2, -0.15) is 11.8 Å². The summed E-state index contributed by atoms with van der Waals surface area (Å²) in [5.74, 6) is 0.814. The highest BCUT2D eigenvalue weighted by Gasteiger charge is 2.03. The van der Waals surface area contributed by atoms with E-state index in [1.807, 2.05) is 0 Å². The summed E-state index contributed by atoms with van der Waals surface area (Å²) < 4.78 is 0. The van der Waals surface area contributed by atoms with Crippen molar-refractivity contribution in [3.63, 3.8) is 0 Å². The second-order valence-corrected chi connectivity index (χ2v) is 4.22. The van der Waals surface area contributed by atoms with E-state index in [0.29, 0.717) is 11.8 Å². The molecule has 0 aromatic heterocycles. The number of hydrogen-bond donors (Lipinski definition) is 2. The van der Waals surface area contributed by atoms with Gasteiger partial charge in [0.25, 0.3) is 0 Å². The van der Waals surface area contributed by atoms with Crippen LogP contribution in [0.1, 0.15) is 20.3 Å². The van der Waals surface area contributed by atoms with Crippen molar-refractivity contribution < 1.29 is 5.11 Å². The lowest BCUT2D eigenvalue weighted by Gasteiger charge is -2.09. The number of thioether (sulfide) groups is 1. The molecule has 0 aliphatic rings. The summed E-state index contributed by atoms with van der Waals surface area (Å²) in [4.78, 5) is 0. The van der Waals surface area contributed by atoms with E-state index >= 15 is 0 Å². The summed E-state index contributed by atoms with van der Waals surface area (Å²) in [6, 6.07) is 0. The molecule has 0 aliphatic heterocycles. The maximum absolute atomic E-state index is 9.20. The van der Waals surface area contributed by atoms with Crippen molar-refractivity contribution in [2.24, 2.45) is 5.73 Å². The molecule has 0 aliphatic carbocycles. The average molecular weight is 163 g/mol. The fourth-order valence-electron chi connectivity index (χ4n) is 0.579. The maximum Gasteiger partial charge on any atom is 0.0642 e. The molecule has 0 aromatic rings. The topological polar surface area (TPSA) is 46.2 Å². The standard InChI is InChI=1S/C7H17NOS/c1-6(2)10-5-7(9)3-4-8/h6-7,9H,3-5,8H2,1-2H3. The SMILES string of the molecule is CC(C)SCC(O)CCN. The van der Waals surface area contributed by atoms with Gasteiger partial charge in [-0.1, -0.05) is 13.8 Å². The molecule has 2 nitrogen and oxygen atoms in total. The Hall–Kier alpha value is 0.270. The molecule has 1 unspecified atom stereocenters. The van der Waals surface area contributed by atoms with E-state index < -0.39 is 0 Å². The quantitative estimate of drug-likeness (QED) is 0.631. The fourth-order valence-corrected chi connectivity index (χ4v) is 1.35. The first-order valence-corrected chi connectivity index (χ1v) is 4.71. The molecule has 0 saturated heterocycles. The molecular weight excluding hydrogens is 146 g/mol. The Morgan fingerprint density at radius 1 is 1.50 bits per heavy atom. The second-order valence-electron chi connectivity index (χ2n) is 2.61. The Morgan fingerprint density at radius 3 is 2.50 bits per heavy atom. The Balaban J connectivity index is 3.12. The molecule has 10 heavy (non-hydrogen) atoms. The van der Waals surface area contributed by atoms with E-state index in [0.717, 1.165) is 12.2 Å². The summed E-state index contributed by atoms with van der Waals surface area (Å²) in [6.45, 7) is 4.83. The first-order chi connectivity index (χ1) is 4.66. The lowest BCUT2D eigenvalue weighted by atomic mass is 10.3. The number of aliphatic hydroxyl groups is 1. The van der Waals surface area contributed by atoms with Crippen LogP contribution in [0, 0.1) is 0 Å². The van der Waals surface area contributed by atoms with E-state index in [1.165, 1.54) is 0 Å². The van der Waals surface area contributed by atoms with Gasteiger partial charge in [0.1, 0.15) is 0 Å². The van der Waals surface area contributed by atoms with E-state index in [2.05, 4.69) is 13.8 Å². The van der Waals surface area contributed by atoms with Crippen LogP contribution in [0.2, 0.25) is 0 Å². The van der Waals surface area contributed by atoms with Crippen molar-refractivity contribution in [3.8, 4) is 0 Å². The van der Waals surface area contributed by atoms with E-state index in [9.17, 15) is 5.11 Å². The maximum atomic E-state index is 9.20. The van der Waals surface area contributed by atoms with Gasteiger partial charge in [0.2, 0.25) is 0 Å². The van der Waals surface area contributed by atoms with Gasteiger partial charge in [0.15, 0.2) is 0 Å². The molecule has 62 valence electrons. The first kappa shape index (κ1) is 10.3. The molecule has 0 amide bonds. The summed E-state index contributed by atoms with van der Waals surface area (Å²) in [5.41, 5.74) is 5.27. The highest BCUT2D eigenvalue weighted by Crippen LogP contribution is 2.11. The minimum absolute atomic E-state index is 0.211. The van der Waals surface area contributed by atoms with E-state index in [4.69, 9.17) is 5.73 Å². The number of hydrogen-bond acceptors (Lipinski definition) is 3. The zero-order valence-corrected chi connectivity index (χ0v) is 7.53. The highest BCUT2D eigenvalue weighted by atomic mass is 32.2. The highest BCUT2D eigenvalue weighted by molar-refractivity contribution is 7.99. The summed E-state index contributed by atoms with van der Waals surface area (Å²) in [7, 11) is 0. The molecule has 3 N–H and O–H groups in total. The zero-order chi connectivity index (χ0) is 7.98. The van der Waals surface area contributed by atoms with Crippen molar-refractivity contribution in [2.75, 3.05) is 12.3 Å². The Bertz CT molecular complexity index is 78.0. The molecule has 0 spiro atoms. The summed E-state index contributed by atoms with van der Waals surface area (Å²) in [6.07, 6.45) is 0.511. The number of nitrogens with two attached hydrogens (primary N) is 1. The van der Waals surface area contributed by atoms with Gasteiger partial charge in [-0.25, -0.2) is 0 Å². The van der Waals surface area contributed by atoms with Crippen LogP contribution in [0.5, 0.6) is 0 Å². The molecule has 0 radical (unpaired) electrons. The third-order valence-electron chi connectivity index (χ3n) is 1.12. The first-order valence-electron chi connectivity index (χ1n) is 3.66. The van der Waals surface area contributed by atoms with Crippen molar-refractivity contribution in [1.82, 2.24) is 0 Å². The fraction of sp³-hybridized carbons (Fsp3) is 1.00. The predicted molar refractivity (Wildman–Crippen MR) is 47.3 cm³/mol. The molecule has 0 heterocycles. The van der Waals surface area contributed by atoms with Crippen LogP contribution in [-0.2, 0) is 0 Å². The van der Waals surface area contributed by atoms with Crippen LogP contribution in [0.3, 0.4) is 0 Å². The Kier molecular flexibility index (Phi) is 6.17. The van der Waals surface area contributed by atoms with Gasteiger partial charge in [-0.05, 0) is 18.2 Å². The largest absolute Gasteiger partial charge is 0.392 e. The van der Waals surface area contributed by atoms with Gasteiger partial charge in [0, 0.05) is 5.75 Å². The molecule has 0 saturated carbocycles. The third kappa shape index (κ3) is 6.39. The van der Waals surface area contributed by atoms with Crippen LogP contribution in [0.25, 0.3) is 0 Å². The minimum atomic E-state index is -0.211. The lowest BCUT2D eigenvalue weighted by molar-refractivity contribution is 0.192. The minimum Gasteiger partial charge on any atom is -0.392 e. The smallest absolute Gasteiger partial charge is 0.0642 e. The molecule has 0 aromatic carbocycles. The average Bonchev–Trinajstić information content (AvgIpc) is 1.85. The van der Waals surface area contributed by atoms with Crippen LogP contribution in [0.4, 0.5) is 0 Å². The summed E-state index contributed by atoms with van der Waals surface area (Å²) >= 11 is 1.77. The molecule has 0 bridgehead atoms. The van der Waals surface area contributed by atoms with Crippen LogP contribution < -0.4 is 5.73 Å². The van der Waals surface area contributed by atoms with Crippen LogP contribution >= 0.6 is 11.8 Å². The van der Waals surface area contributed by atoms with E-state index in [1.54, 1.807) is 11.8 Å². The van der Waals surface area contributed by atoms with Crippen LogP contribution in [0.15, 0.2) is 0 Å². The molecule has 0 rings (SSSR count).